The van der Waals surface area contributed by atoms with Gasteiger partial charge in [-0.15, -0.1) is 0 Å². The summed E-state index contributed by atoms with van der Waals surface area (Å²) in [6.07, 6.45) is 0.263. The predicted octanol–water partition coefficient (Wildman–Crippen LogP) is 0.923. The van der Waals surface area contributed by atoms with E-state index in [1.807, 2.05) is 37.3 Å². The van der Waals surface area contributed by atoms with Crippen LogP contribution >= 0.6 is 0 Å². The Bertz CT molecular complexity index is 458. The lowest BCUT2D eigenvalue weighted by Crippen LogP contribution is -2.39. The average molecular weight is 246 g/mol. The highest BCUT2D eigenvalue weighted by Crippen LogP contribution is 2.35. The number of benzene rings is 1. The Hall–Kier alpha value is -1.68. The van der Waals surface area contributed by atoms with Gasteiger partial charge in [-0.3, -0.25) is 14.5 Å². The second kappa shape index (κ2) is 4.90. The minimum absolute atomic E-state index is 0.0818. The third-order valence-corrected chi connectivity index (χ3v) is 3.52. The van der Waals surface area contributed by atoms with Gasteiger partial charge in [0.1, 0.15) is 0 Å². The molecule has 0 radical (unpaired) electrons. The fraction of sp³-hybridized carbons (Fsp3) is 0.429. The largest absolute Gasteiger partial charge is 0.318 e. The number of amides is 2. The Morgan fingerprint density at radius 3 is 2.56 bits per heavy atom. The van der Waals surface area contributed by atoms with Crippen molar-refractivity contribution in [3.05, 3.63) is 35.9 Å². The molecule has 1 N–H and O–H groups in total. The van der Waals surface area contributed by atoms with E-state index in [1.54, 1.807) is 7.05 Å². The van der Waals surface area contributed by atoms with E-state index in [9.17, 15) is 9.59 Å². The fourth-order valence-electron chi connectivity index (χ4n) is 2.37. The summed E-state index contributed by atoms with van der Waals surface area (Å²) in [7, 11) is 1.81. The van der Waals surface area contributed by atoms with Gasteiger partial charge >= 0.3 is 0 Å². The van der Waals surface area contributed by atoms with E-state index in [2.05, 4.69) is 5.32 Å². The first-order valence-corrected chi connectivity index (χ1v) is 6.14. The zero-order valence-electron chi connectivity index (χ0n) is 10.8. The van der Waals surface area contributed by atoms with Crippen LogP contribution in [-0.4, -0.2) is 36.9 Å². The van der Waals surface area contributed by atoms with Crippen molar-refractivity contribution in [2.24, 2.45) is 0 Å². The molecule has 0 aliphatic carbocycles. The monoisotopic (exact) mass is 246 g/mol. The van der Waals surface area contributed by atoms with Crippen LogP contribution in [0.1, 0.15) is 18.9 Å². The van der Waals surface area contributed by atoms with Crippen molar-refractivity contribution < 1.29 is 9.59 Å². The number of carbonyl (C=O) groups is 2. The van der Waals surface area contributed by atoms with E-state index in [1.165, 1.54) is 4.90 Å². The van der Waals surface area contributed by atoms with Crippen LogP contribution in [-0.2, 0) is 15.0 Å². The highest BCUT2D eigenvalue weighted by molar-refractivity contribution is 6.08. The molecular formula is C14H18N2O2. The van der Waals surface area contributed by atoms with Gasteiger partial charge in [0.2, 0.25) is 11.8 Å². The quantitative estimate of drug-likeness (QED) is 0.804. The molecule has 1 unspecified atom stereocenters. The topological polar surface area (TPSA) is 49.4 Å². The van der Waals surface area contributed by atoms with Crippen molar-refractivity contribution in [2.75, 3.05) is 20.1 Å². The van der Waals surface area contributed by atoms with Gasteiger partial charge in [0.05, 0.1) is 5.41 Å². The molecule has 1 fully saturated rings. The van der Waals surface area contributed by atoms with Gasteiger partial charge in [-0.1, -0.05) is 30.3 Å². The first-order valence-electron chi connectivity index (χ1n) is 6.14. The van der Waals surface area contributed by atoms with Crippen molar-refractivity contribution in [3.63, 3.8) is 0 Å². The Balaban J connectivity index is 2.26. The minimum atomic E-state index is -0.702. The highest BCUT2D eigenvalue weighted by Gasteiger charge is 2.48. The fourth-order valence-corrected chi connectivity index (χ4v) is 2.37. The van der Waals surface area contributed by atoms with Gasteiger partial charge in [-0.2, -0.15) is 0 Å². The summed E-state index contributed by atoms with van der Waals surface area (Å²) in [5, 5.41) is 2.96. The van der Waals surface area contributed by atoms with Crippen LogP contribution < -0.4 is 5.32 Å². The summed E-state index contributed by atoms with van der Waals surface area (Å²) < 4.78 is 0. The lowest BCUT2D eigenvalue weighted by molar-refractivity contribution is -0.139. The van der Waals surface area contributed by atoms with Gasteiger partial charge in [-0.05, 0) is 19.5 Å². The summed E-state index contributed by atoms with van der Waals surface area (Å²) in [5.41, 5.74) is 0.210. The summed E-state index contributed by atoms with van der Waals surface area (Å²) in [6.45, 7) is 2.92. The summed E-state index contributed by atoms with van der Waals surface area (Å²) in [4.78, 5) is 25.7. The molecule has 18 heavy (non-hydrogen) atoms. The molecule has 1 heterocycles. The Labute approximate surface area is 107 Å². The van der Waals surface area contributed by atoms with Crippen LogP contribution in [0, 0.1) is 0 Å². The predicted molar refractivity (Wildman–Crippen MR) is 69.1 cm³/mol. The van der Waals surface area contributed by atoms with Gasteiger partial charge in [0.25, 0.3) is 0 Å². The molecule has 1 aromatic carbocycles. The molecule has 0 aromatic heterocycles. The SMILES string of the molecule is CNCCN1C(=O)CC(C)(c2ccccc2)C1=O. The highest BCUT2D eigenvalue weighted by atomic mass is 16.2. The maximum absolute atomic E-state index is 12.4. The summed E-state index contributed by atoms with van der Waals surface area (Å²) in [6, 6.07) is 9.52. The molecule has 2 amide bonds. The second-order valence-corrected chi connectivity index (χ2v) is 4.83. The van der Waals surface area contributed by atoms with Crippen LogP contribution in [0.15, 0.2) is 30.3 Å². The molecule has 1 aromatic rings. The van der Waals surface area contributed by atoms with Crippen molar-refractivity contribution in [1.82, 2.24) is 10.2 Å². The van der Waals surface area contributed by atoms with Crippen LogP contribution in [0.2, 0.25) is 0 Å². The Kier molecular flexibility index (Phi) is 3.48. The molecule has 0 spiro atoms. The zero-order chi connectivity index (χ0) is 13.2. The van der Waals surface area contributed by atoms with Crippen molar-refractivity contribution >= 4 is 11.8 Å². The summed E-state index contributed by atoms with van der Waals surface area (Å²) >= 11 is 0. The van der Waals surface area contributed by atoms with E-state index in [-0.39, 0.29) is 18.2 Å². The first kappa shape index (κ1) is 12.8. The van der Waals surface area contributed by atoms with Gasteiger partial charge < -0.3 is 5.32 Å². The molecule has 4 heteroatoms. The number of nitrogens with zero attached hydrogens (tertiary/aromatic N) is 1. The normalized spacial score (nSPS) is 23.8. The molecule has 1 atom stereocenters. The minimum Gasteiger partial charge on any atom is -0.318 e. The van der Waals surface area contributed by atoms with E-state index in [4.69, 9.17) is 0 Å². The van der Waals surface area contributed by atoms with Crippen molar-refractivity contribution in [3.8, 4) is 0 Å². The third-order valence-electron chi connectivity index (χ3n) is 3.52. The summed E-state index contributed by atoms with van der Waals surface area (Å²) in [5.74, 6) is -0.171. The molecule has 0 saturated carbocycles. The molecule has 4 nitrogen and oxygen atoms in total. The molecule has 96 valence electrons. The maximum atomic E-state index is 12.4. The first-order chi connectivity index (χ1) is 8.59. The number of likely N-dealkylation sites (tertiary alicyclic amines) is 1. The average Bonchev–Trinajstić information content (AvgIpc) is 2.60. The van der Waals surface area contributed by atoms with Gasteiger partial charge in [0.15, 0.2) is 0 Å². The standard InChI is InChI=1S/C14H18N2O2/c1-14(11-6-4-3-5-7-11)10-12(17)16(13(14)18)9-8-15-2/h3-7,15H,8-10H2,1-2H3. The number of hydrogen-bond acceptors (Lipinski definition) is 3. The van der Waals surface area contributed by atoms with Crippen molar-refractivity contribution in [1.29, 1.82) is 0 Å². The van der Waals surface area contributed by atoms with Crippen LogP contribution in [0.25, 0.3) is 0 Å². The van der Waals surface area contributed by atoms with E-state index >= 15 is 0 Å². The number of imide groups is 1. The molecule has 1 saturated heterocycles. The number of likely N-dealkylation sites (N-methyl/N-ethyl adjacent to an activating group) is 1. The van der Waals surface area contributed by atoms with Gasteiger partial charge in [0, 0.05) is 19.5 Å². The van der Waals surface area contributed by atoms with E-state index in [0.717, 1.165) is 5.56 Å². The van der Waals surface area contributed by atoms with E-state index < -0.39 is 5.41 Å². The second-order valence-electron chi connectivity index (χ2n) is 4.83. The third kappa shape index (κ3) is 2.04. The molecule has 1 aliphatic heterocycles. The number of nitrogens with one attached hydrogen (secondary N) is 1. The molecular weight excluding hydrogens is 228 g/mol. The molecule has 2 rings (SSSR count). The zero-order valence-corrected chi connectivity index (χ0v) is 10.8. The Morgan fingerprint density at radius 2 is 1.94 bits per heavy atom. The molecule has 0 bridgehead atoms. The maximum Gasteiger partial charge on any atom is 0.240 e. The van der Waals surface area contributed by atoms with Crippen LogP contribution in [0.4, 0.5) is 0 Å². The van der Waals surface area contributed by atoms with Crippen LogP contribution in [0.5, 0.6) is 0 Å². The Morgan fingerprint density at radius 1 is 1.28 bits per heavy atom. The molecule has 1 aliphatic rings. The smallest absolute Gasteiger partial charge is 0.240 e. The lowest BCUT2D eigenvalue weighted by atomic mass is 9.81. The van der Waals surface area contributed by atoms with Crippen molar-refractivity contribution in [2.45, 2.75) is 18.8 Å². The lowest BCUT2D eigenvalue weighted by Gasteiger charge is -2.22. The van der Waals surface area contributed by atoms with E-state index in [0.29, 0.717) is 13.1 Å². The van der Waals surface area contributed by atoms with Gasteiger partial charge in [-0.25, -0.2) is 0 Å². The van der Waals surface area contributed by atoms with Crippen LogP contribution in [0.3, 0.4) is 0 Å². The number of rotatable bonds is 4. The number of carbonyl (C=O) groups excluding carboxylic acids is 2. The number of hydrogen-bond donors (Lipinski definition) is 1.